The van der Waals surface area contributed by atoms with Gasteiger partial charge in [-0.2, -0.15) is 0 Å². The number of hydrogen-bond donors (Lipinski definition) is 2. The fraction of sp³-hybridized carbons (Fsp3) is 0.211. The van der Waals surface area contributed by atoms with E-state index in [1.54, 1.807) is 30.3 Å². The minimum atomic E-state index is -0.589. The molecule has 0 atom stereocenters. The molecule has 0 saturated heterocycles. The van der Waals surface area contributed by atoms with Crippen LogP contribution >= 0.6 is 15.9 Å². The first-order valence-corrected chi connectivity index (χ1v) is 8.71. The lowest BCUT2D eigenvalue weighted by Crippen LogP contribution is -2.21. The smallest absolute Gasteiger partial charge is 0.338 e. The van der Waals surface area contributed by atoms with Crippen molar-refractivity contribution in [1.82, 2.24) is 5.32 Å². The zero-order chi connectivity index (χ0) is 19.1. The van der Waals surface area contributed by atoms with Gasteiger partial charge in [0.25, 0.3) is 5.91 Å². The number of ether oxygens (including phenoxy) is 1. The summed E-state index contributed by atoms with van der Waals surface area (Å²) in [5.74, 6) is -1.14. The topological polar surface area (TPSA) is 84.5 Å². The van der Waals surface area contributed by atoms with E-state index in [0.717, 1.165) is 15.6 Å². The Morgan fingerprint density at radius 1 is 1.08 bits per heavy atom. The number of anilines is 1. The molecule has 0 bridgehead atoms. The van der Waals surface area contributed by atoms with Crippen molar-refractivity contribution in [3.05, 3.63) is 63.6 Å². The lowest BCUT2D eigenvalue weighted by molar-refractivity contribution is -0.119. The van der Waals surface area contributed by atoms with E-state index in [-0.39, 0.29) is 12.5 Å². The van der Waals surface area contributed by atoms with Gasteiger partial charge in [-0.15, -0.1) is 0 Å². The molecule has 0 spiro atoms. The van der Waals surface area contributed by atoms with Crippen LogP contribution in [0.5, 0.6) is 0 Å². The predicted octanol–water partition coefficient (Wildman–Crippen LogP) is 3.19. The van der Waals surface area contributed by atoms with Crippen LogP contribution in [0.2, 0.25) is 0 Å². The van der Waals surface area contributed by atoms with E-state index < -0.39 is 11.9 Å². The zero-order valence-electron chi connectivity index (χ0n) is 14.5. The first kappa shape index (κ1) is 19.7. The van der Waals surface area contributed by atoms with E-state index in [2.05, 4.69) is 26.6 Å². The maximum absolute atomic E-state index is 12.0. The summed E-state index contributed by atoms with van der Waals surface area (Å²) in [5, 5.41) is 5.35. The molecule has 136 valence electrons. The molecular weight excluding hydrogens is 400 g/mol. The van der Waals surface area contributed by atoms with Gasteiger partial charge in [0, 0.05) is 17.9 Å². The zero-order valence-corrected chi connectivity index (χ0v) is 16.1. The number of hydrogen-bond acceptors (Lipinski definition) is 4. The molecule has 0 radical (unpaired) electrons. The van der Waals surface area contributed by atoms with Gasteiger partial charge in [-0.3, -0.25) is 9.59 Å². The largest absolute Gasteiger partial charge is 0.452 e. The molecule has 2 aromatic rings. The third-order valence-corrected chi connectivity index (χ3v) is 4.12. The van der Waals surface area contributed by atoms with Gasteiger partial charge in [0.2, 0.25) is 5.91 Å². The van der Waals surface area contributed by atoms with E-state index in [4.69, 9.17) is 4.74 Å². The van der Waals surface area contributed by atoms with Crippen molar-refractivity contribution in [1.29, 1.82) is 0 Å². The van der Waals surface area contributed by atoms with Gasteiger partial charge in [-0.05, 0) is 58.2 Å². The van der Waals surface area contributed by atoms with Gasteiger partial charge in [0.05, 0.1) is 11.3 Å². The minimum absolute atomic E-state index is 0.125. The van der Waals surface area contributed by atoms with Crippen molar-refractivity contribution in [3.63, 3.8) is 0 Å². The summed E-state index contributed by atoms with van der Waals surface area (Å²) in [7, 11) is 0. The Balaban J connectivity index is 1.85. The molecular formula is C19H19BrN2O4. The highest BCUT2D eigenvalue weighted by atomic mass is 79.9. The van der Waals surface area contributed by atoms with Crippen molar-refractivity contribution >= 4 is 39.4 Å². The first-order chi connectivity index (χ1) is 12.3. The number of halogens is 1. The second-order valence-corrected chi connectivity index (χ2v) is 6.57. The number of aryl methyl sites for hydroxylation is 1. The SMILES string of the molecule is CC(=O)NCc1ccc(C(=O)OCC(=O)Nc2ccc(C)cc2Br)cc1. The summed E-state index contributed by atoms with van der Waals surface area (Å²) in [6, 6.07) is 12.1. The molecule has 0 unspecified atom stereocenters. The number of esters is 1. The van der Waals surface area contributed by atoms with Crippen molar-refractivity contribution < 1.29 is 19.1 Å². The number of benzene rings is 2. The maximum Gasteiger partial charge on any atom is 0.338 e. The third kappa shape index (κ3) is 6.00. The number of carbonyl (C=O) groups excluding carboxylic acids is 3. The molecule has 6 nitrogen and oxygen atoms in total. The van der Waals surface area contributed by atoms with Crippen LogP contribution in [0.25, 0.3) is 0 Å². The Bertz CT molecular complexity index is 819. The average molecular weight is 419 g/mol. The van der Waals surface area contributed by atoms with Crippen LogP contribution < -0.4 is 10.6 Å². The molecule has 7 heteroatoms. The monoisotopic (exact) mass is 418 g/mol. The van der Waals surface area contributed by atoms with Gasteiger partial charge in [0.1, 0.15) is 0 Å². The highest BCUT2D eigenvalue weighted by Gasteiger charge is 2.11. The number of rotatable bonds is 6. The molecule has 2 amide bonds. The fourth-order valence-corrected chi connectivity index (χ4v) is 2.70. The van der Waals surface area contributed by atoms with Gasteiger partial charge in [0.15, 0.2) is 6.61 Å². The normalized spacial score (nSPS) is 10.1. The quantitative estimate of drug-likeness (QED) is 0.705. The highest BCUT2D eigenvalue weighted by molar-refractivity contribution is 9.10. The summed E-state index contributed by atoms with van der Waals surface area (Å²) < 4.78 is 5.78. The summed E-state index contributed by atoms with van der Waals surface area (Å²) in [6.07, 6.45) is 0. The second kappa shape index (κ2) is 9.15. The Hall–Kier alpha value is -2.67. The Kier molecular flexibility index (Phi) is 6.91. The van der Waals surface area contributed by atoms with Crippen LogP contribution in [0.15, 0.2) is 46.9 Å². The predicted molar refractivity (Wildman–Crippen MR) is 102 cm³/mol. The Morgan fingerprint density at radius 3 is 2.38 bits per heavy atom. The first-order valence-electron chi connectivity index (χ1n) is 7.91. The van der Waals surface area contributed by atoms with Gasteiger partial charge >= 0.3 is 5.97 Å². The Morgan fingerprint density at radius 2 is 1.77 bits per heavy atom. The van der Waals surface area contributed by atoms with E-state index in [1.165, 1.54) is 6.92 Å². The van der Waals surface area contributed by atoms with Crippen molar-refractivity contribution in [2.75, 3.05) is 11.9 Å². The van der Waals surface area contributed by atoms with Crippen LogP contribution in [0.1, 0.15) is 28.4 Å². The molecule has 0 saturated carbocycles. The van der Waals surface area contributed by atoms with E-state index in [0.29, 0.717) is 17.8 Å². The van der Waals surface area contributed by atoms with Crippen LogP contribution in [0, 0.1) is 6.92 Å². The molecule has 0 aromatic heterocycles. The van der Waals surface area contributed by atoms with Crippen LogP contribution in [0.4, 0.5) is 5.69 Å². The molecule has 26 heavy (non-hydrogen) atoms. The fourth-order valence-electron chi connectivity index (χ4n) is 2.11. The van der Waals surface area contributed by atoms with E-state index in [9.17, 15) is 14.4 Å². The van der Waals surface area contributed by atoms with Crippen LogP contribution in [0.3, 0.4) is 0 Å². The summed E-state index contributed by atoms with van der Waals surface area (Å²) in [6.45, 7) is 3.39. The number of amides is 2. The average Bonchev–Trinajstić information content (AvgIpc) is 2.60. The third-order valence-electron chi connectivity index (χ3n) is 3.46. The standard InChI is InChI=1S/C19H19BrN2O4/c1-12-3-8-17(16(20)9-12)22-18(24)11-26-19(25)15-6-4-14(5-7-15)10-21-13(2)23/h3-9H,10-11H2,1-2H3,(H,21,23)(H,22,24). The van der Waals surface area contributed by atoms with Crippen LogP contribution in [-0.4, -0.2) is 24.4 Å². The van der Waals surface area contributed by atoms with Crippen molar-refractivity contribution in [2.45, 2.75) is 20.4 Å². The van der Waals surface area contributed by atoms with Crippen molar-refractivity contribution in [2.24, 2.45) is 0 Å². The maximum atomic E-state index is 12.0. The summed E-state index contributed by atoms with van der Waals surface area (Å²) >= 11 is 3.37. The molecule has 0 aliphatic rings. The number of nitrogens with one attached hydrogen (secondary N) is 2. The molecule has 2 N–H and O–H groups in total. The Labute approximate surface area is 160 Å². The molecule has 2 rings (SSSR count). The molecule has 2 aromatic carbocycles. The van der Waals surface area contributed by atoms with Gasteiger partial charge in [-0.25, -0.2) is 4.79 Å². The lowest BCUT2D eigenvalue weighted by atomic mass is 10.1. The van der Waals surface area contributed by atoms with Crippen molar-refractivity contribution in [3.8, 4) is 0 Å². The van der Waals surface area contributed by atoms with Crippen LogP contribution in [-0.2, 0) is 20.9 Å². The molecule has 0 aliphatic carbocycles. The van der Waals surface area contributed by atoms with Gasteiger partial charge < -0.3 is 15.4 Å². The second-order valence-electron chi connectivity index (χ2n) is 5.71. The molecule has 0 fully saturated rings. The van der Waals surface area contributed by atoms with E-state index in [1.807, 2.05) is 19.1 Å². The van der Waals surface area contributed by atoms with E-state index >= 15 is 0 Å². The molecule has 0 aliphatic heterocycles. The molecule has 0 heterocycles. The number of carbonyl (C=O) groups is 3. The highest BCUT2D eigenvalue weighted by Crippen LogP contribution is 2.23. The van der Waals surface area contributed by atoms with Gasteiger partial charge in [-0.1, -0.05) is 18.2 Å². The lowest BCUT2D eigenvalue weighted by Gasteiger charge is -2.09. The minimum Gasteiger partial charge on any atom is -0.452 e. The summed E-state index contributed by atoms with van der Waals surface area (Å²) in [4.78, 5) is 34.8. The summed E-state index contributed by atoms with van der Waals surface area (Å²) in [5.41, 5.74) is 2.86.